The minimum Gasteiger partial charge on any atom is -0.481 e. The zero-order valence-electron chi connectivity index (χ0n) is 10.2. The Kier molecular flexibility index (Phi) is 5.18. The van der Waals surface area contributed by atoms with E-state index in [1.54, 1.807) is 7.11 Å². The van der Waals surface area contributed by atoms with E-state index in [0.29, 0.717) is 25.9 Å². The number of carbonyl (C=O) groups is 1. The van der Waals surface area contributed by atoms with Crippen LogP contribution in [0.4, 0.5) is 0 Å². The summed E-state index contributed by atoms with van der Waals surface area (Å²) in [6.07, 6.45) is 0.899. The summed E-state index contributed by atoms with van der Waals surface area (Å²) in [6, 6.07) is 0.276. The van der Waals surface area contributed by atoms with E-state index in [-0.39, 0.29) is 6.04 Å². The van der Waals surface area contributed by atoms with Crippen LogP contribution < -0.4 is 0 Å². The van der Waals surface area contributed by atoms with Gasteiger partial charge >= 0.3 is 5.97 Å². The van der Waals surface area contributed by atoms with Crippen LogP contribution in [0.1, 0.15) is 13.3 Å². The van der Waals surface area contributed by atoms with Gasteiger partial charge in [-0.15, -0.1) is 0 Å². The third kappa shape index (κ3) is 3.17. The van der Waals surface area contributed by atoms with Gasteiger partial charge in [-0.1, -0.05) is 0 Å². The number of hydrogen-bond donors (Lipinski definition) is 1. The lowest BCUT2D eigenvalue weighted by Crippen LogP contribution is -2.45. The van der Waals surface area contributed by atoms with Gasteiger partial charge in [-0.2, -0.15) is 0 Å². The largest absolute Gasteiger partial charge is 0.481 e. The van der Waals surface area contributed by atoms with Crippen LogP contribution in [0.25, 0.3) is 0 Å². The van der Waals surface area contributed by atoms with Crippen molar-refractivity contribution >= 4 is 5.97 Å². The highest BCUT2D eigenvalue weighted by Gasteiger charge is 2.37. The molecule has 3 unspecified atom stereocenters. The van der Waals surface area contributed by atoms with Crippen molar-refractivity contribution in [3.63, 3.8) is 0 Å². The normalized spacial score (nSPS) is 27.2. The zero-order chi connectivity index (χ0) is 12.1. The second-order valence-corrected chi connectivity index (χ2v) is 4.35. The molecule has 1 aliphatic rings. The van der Waals surface area contributed by atoms with Crippen LogP contribution in [0, 0.1) is 5.92 Å². The lowest BCUT2D eigenvalue weighted by atomic mass is 10.0. The highest BCUT2D eigenvalue weighted by atomic mass is 16.5. The van der Waals surface area contributed by atoms with E-state index in [9.17, 15) is 4.79 Å². The molecule has 1 N–H and O–H groups in total. The molecule has 0 aromatic carbocycles. The summed E-state index contributed by atoms with van der Waals surface area (Å²) in [6.45, 7) is 3.60. The molecule has 1 heterocycles. The third-order valence-electron chi connectivity index (χ3n) is 3.33. The van der Waals surface area contributed by atoms with E-state index in [1.165, 1.54) is 0 Å². The number of likely N-dealkylation sites (N-methyl/N-ethyl adjacent to an activating group) is 1. The van der Waals surface area contributed by atoms with Crippen molar-refractivity contribution in [2.45, 2.75) is 25.4 Å². The van der Waals surface area contributed by atoms with Gasteiger partial charge in [0, 0.05) is 25.8 Å². The lowest BCUT2D eigenvalue weighted by Gasteiger charge is -2.31. The van der Waals surface area contributed by atoms with Crippen molar-refractivity contribution < 1.29 is 19.4 Å². The van der Waals surface area contributed by atoms with Gasteiger partial charge in [0.15, 0.2) is 0 Å². The summed E-state index contributed by atoms with van der Waals surface area (Å²) >= 11 is 0. The summed E-state index contributed by atoms with van der Waals surface area (Å²) in [4.78, 5) is 13.1. The van der Waals surface area contributed by atoms with E-state index >= 15 is 0 Å². The number of nitrogens with zero attached hydrogens (tertiary/aromatic N) is 1. The number of carboxylic acid groups (broad SMARTS) is 1. The van der Waals surface area contributed by atoms with Crippen LogP contribution in [-0.4, -0.2) is 62.0 Å². The standard InChI is InChI=1S/C11H21NO4/c1-8(4-5-15-3)12(2)10-7-16-6-9(10)11(13)14/h8-10H,4-7H2,1-3H3,(H,13,14). The van der Waals surface area contributed by atoms with Crippen LogP contribution >= 0.6 is 0 Å². The number of ether oxygens (including phenoxy) is 2. The molecule has 0 saturated carbocycles. The molecule has 0 aromatic rings. The molecule has 94 valence electrons. The summed E-state index contributed by atoms with van der Waals surface area (Å²) in [5, 5.41) is 9.06. The topological polar surface area (TPSA) is 59.0 Å². The number of hydrogen-bond acceptors (Lipinski definition) is 4. The Labute approximate surface area is 96.3 Å². The van der Waals surface area contributed by atoms with Crippen LogP contribution in [0.2, 0.25) is 0 Å². The predicted molar refractivity (Wildman–Crippen MR) is 59.5 cm³/mol. The van der Waals surface area contributed by atoms with E-state index in [4.69, 9.17) is 14.6 Å². The highest BCUT2D eigenvalue weighted by Crippen LogP contribution is 2.21. The van der Waals surface area contributed by atoms with Gasteiger partial charge in [0.05, 0.1) is 19.1 Å². The van der Waals surface area contributed by atoms with Crippen molar-refractivity contribution in [3.05, 3.63) is 0 Å². The first-order chi connectivity index (χ1) is 7.57. The average molecular weight is 231 g/mol. The molecule has 0 amide bonds. The van der Waals surface area contributed by atoms with Gasteiger partial charge < -0.3 is 14.6 Å². The smallest absolute Gasteiger partial charge is 0.310 e. The Hall–Kier alpha value is -0.650. The Bertz CT molecular complexity index is 234. The monoisotopic (exact) mass is 231 g/mol. The molecule has 0 bridgehead atoms. The molecule has 1 aliphatic heterocycles. The second-order valence-electron chi connectivity index (χ2n) is 4.35. The molecule has 1 saturated heterocycles. The molecule has 5 heteroatoms. The van der Waals surface area contributed by atoms with E-state index in [2.05, 4.69) is 11.8 Å². The maximum atomic E-state index is 11.0. The van der Waals surface area contributed by atoms with Gasteiger partial charge in [0.2, 0.25) is 0 Å². The van der Waals surface area contributed by atoms with Gasteiger partial charge in [-0.3, -0.25) is 9.69 Å². The zero-order valence-corrected chi connectivity index (χ0v) is 10.2. The minimum atomic E-state index is -0.770. The lowest BCUT2D eigenvalue weighted by molar-refractivity contribution is -0.143. The summed E-state index contributed by atoms with van der Waals surface area (Å²) in [7, 11) is 3.63. The van der Waals surface area contributed by atoms with Gasteiger partial charge in [0.25, 0.3) is 0 Å². The molecular formula is C11H21NO4. The fourth-order valence-corrected chi connectivity index (χ4v) is 2.00. The molecule has 5 nitrogen and oxygen atoms in total. The Morgan fingerprint density at radius 3 is 2.88 bits per heavy atom. The molecule has 0 spiro atoms. The van der Waals surface area contributed by atoms with Crippen molar-refractivity contribution in [2.75, 3.05) is 34.0 Å². The fourth-order valence-electron chi connectivity index (χ4n) is 2.00. The first-order valence-electron chi connectivity index (χ1n) is 5.59. The van der Waals surface area contributed by atoms with Crippen LogP contribution in [-0.2, 0) is 14.3 Å². The molecule has 3 atom stereocenters. The minimum absolute atomic E-state index is 0.0237. The Morgan fingerprint density at radius 1 is 1.62 bits per heavy atom. The van der Waals surface area contributed by atoms with Gasteiger partial charge in [0.1, 0.15) is 0 Å². The molecule has 0 aliphatic carbocycles. The highest BCUT2D eigenvalue weighted by molar-refractivity contribution is 5.71. The Balaban J connectivity index is 2.51. The number of carboxylic acids is 1. The number of methoxy groups -OCH3 is 1. The molecule has 16 heavy (non-hydrogen) atoms. The van der Waals surface area contributed by atoms with E-state index < -0.39 is 11.9 Å². The summed E-state index contributed by atoms with van der Waals surface area (Å²) < 4.78 is 10.3. The number of aliphatic carboxylic acids is 1. The molecule has 0 radical (unpaired) electrons. The van der Waals surface area contributed by atoms with E-state index in [0.717, 1.165) is 6.42 Å². The first kappa shape index (κ1) is 13.4. The Morgan fingerprint density at radius 2 is 2.31 bits per heavy atom. The second kappa shape index (κ2) is 6.18. The van der Waals surface area contributed by atoms with Crippen LogP contribution in [0.5, 0.6) is 0 Å². The molecule has 1 fully saturated rings. The maximum absolute atomic E-state index is 11.0. The van der Waals surface area contributed by atoms with Crippen molar-refractivity contribution in [2.24, 2.45) is 5.92 Å². The molecular weight excluding hydrogens is 210 g/mol. The van der Waals surface area contributed by atoms with Crippen molar-refractivity contribution in [1.82, 2.24) is 4.90 Å². The van der Waals surface area contributed by atoms with Crippen LogP contribution in [0.15, 0.2) is 0 Å². The van der Waals surface area contributed by atoms with Gasteiger partial charge in [-0.05, 0) is 20.4 Å². The summed E-state index contributed by atoms with van der Waals surface area (Å²) in [5.41, 5.74) is 0. The summed E-state index contributed by atoms with van der Waals surface area (Å²) in [5.74, 6) is -1.18. The number of rotatable bonds is 6. The van der Waals surface area contributed by atoms with Gasteiger partial charge in [-0.25, -0.2) is 0 Å². The average Bonchev–Trinajstić information content (AvgIpc) is 2.73. The van der Waals surface area contributed by atoms with E-state index in [1.807, 2.05) is 7.05 Å². The third-order valence-corrected chi connectivity index (χ3v) is 3.33. The van der Waals surface area contributed by atoms with Crippen LogP contribution in [0.3, 0.4) is 0 Å². The van der Waals surface area contributed by atoms with Crippen molar-refractivity contribution in [3.8, 4) is 0 Å². The maximum Gasteiger partial charge on any atom is 0.310 e. The van der Waals surface area contributed by atoms with Crippen molar-refractivity contribution in [1.29, 1.82) is 0 Å². The SMILES string of the molecule is COCCC(C)N(C)C1COCC1C(=O)O. The first-order valence-corrected chi connectivity index (χ1v) is 5.59. The predicted octanol–water partition coefficient (Wildman–Crippen LogP) is 0.443. The quantitative estimate of drug-likeness (QED) is 0.719. The fraction of sp³-hybridized carbons (Fsp3) is 0.909. The molecule has 1 rings (SSSR count). The molecule has 0 aromatic heterocycles.